The van der Waals surface area contributed by atoms with Gasteiger partial charge in [0.05, 0.1) is 11.0 Å². The monoisotopic (exact) mass is 752 g/mol. The lowest BCUT2D eigenvalue weighted by molar-refractivity contribution is 1.07. The Balaban J connectivity index is 1.00. The zero-order valence-electron chi connectivity index (χ0n) is 32.1. The third kappa shape index (κ3) is 6.34. The lowest BCUT2D eigenvalue weighted by Crippen LogP contribution is -2.00. The van der Waals surface area contributed by atoms with E-state index in [1.54, 1.807) is 0 Å². The Morgan fingerprint density at radius 1 is 0.271 bits per heavy atom. The lowest BCUT2D eigenvalue weighted by Gasteiger charge is -2.14. The van der Waals surface area contributed by atoms with Gasteiger partial charge in [0.25, 0.3) is 0 Å². The largest absolute Gasteiger partial charge is 0.309 e. The van der Waals surface area contributed by atoms with Gasteiger partial charge in [-0.2, -0.15) is 0 Å². The van der Waals surface area contributed by atoms with Crippen LogP contribution in [0.5, 0.6) is 0 Å². The molecule has 0 spiro atoms. The van der Waals surface area contributed by atoms with Gasteiger partial charge in [-0.1, -0.05) is 182 Å². The zero-order valence-corrected chi connectivity index (χ0v) is 32.1. The summed E-state index contributed by atoms with van der Waals surface area (Å²) in [5, 5.41) is 4.91. The predicted molar refractivity (Wildman–Crippen MR) is 244 cm³/mol. The van der Waals surface area contributed by atoms with Crippen molar-refractivity contribution in [1.82, 2.24) is 19.5 Å². The van der Waals surface area contributed by atoms with E-state index >= 15 is 0 Å². The lowest BCUT2D eigenvalue weighted by atomic mass is 9.97. The minimum Gasteiger partial charge on any atom is -0.309 e. The minimum absolute atomic E-state index is 0.645. The Hall–Kier alpha value is -7.95. The van der Waals surface area contributed by atoms with Gasteiger partial charge in [0.1, 0.15) is 0 Å². The molecule has 0 unspecified atom stereocenters. The van der Waals surface area contributed by atoms with Crippen molar-refractivity contribution in [2.75, 3.05) is 0 Å². The third-order valence-corrected chi connectivity index (χ3v) is 11.2. The molecule has 9 aromatic carbocycles. The summed E-state index contributed by atoms with van der Waals surface area (Å²) in [7, 11) is 0. The van der Waals surface area contributed by atoms with Gasteiger partial charge < -0.3 is 4.57 Å². The normalized spacial score (nSPS) is 11.4. The molecular weight excluding hydrogens is 717 g/mol. The van der Waals surface area contributed by atoms with E-state index in [0.29, 0.717) is 17.5 Å². The second-order valence-corrected chi connectivity index (χ2v) is 14.9. The first kappa shape index (κ1) is 34.3. The number of hydrogen-bond acceptors (Lipinski definition) is 3. The van der Waals surface area contributed by atoms with Crippen LogP contribution in [0.1, 0.15) is 0 Å². The highest BCUT2D eigenvalue weighted by Gasteiger charge is 2.18. The molecule has 4 nitrogen and oxygen atoms in total. The molecule has 0 radical (unpaired) electrons. The summed E-state index contributed by atoms with van der Waals surface area (Å²) in [4.78, 5) is 14.7. The van der Waals surface area contributed by atoms with Crippen LogP contribution in [0.2, 0.25) is 0 Å². The maximum absolute atomic E-state index is 4.94. The molecular formula is C55H36N4. The highest BCUT2D eigenvalue weighted by Crippen LogP contribution is 2.40. The quantitative estimate of drug-likeness (QED) is 0.163. The highest BCUT2D eigenvalue weighted by atomic mass is 15.0. The molecule has 0 atom stereocenters. The Kier molecular flexibility index (Phi) is 8.45. The topological polar surface area (TPSA) is 43.6 Å². The molecule has 11 rings (SSSR count). The maximum atomic E-state index is 4.94. The highest BCUT2D eigenvalue weighted by molar-refractivity contribution is 6.21. The van der Waals surface area contributed by atoms with E-state index in [1.165, 1.54) is 54.8 Å². The van der Waals surface area contributed by atoms with E-state index in [4.69, 9.17) is 15.0 Å². The van der Waals surface area contributed by atoms with Crippen molar-refractivity contribution in [3.05, 3.63) is 218 Å². The van der Waals surface area contributed by atoms with E-state index in [2.05, 4.69) is 162 Å². The molecule has 0 aliphatic heterocycles. The van der Waals surface area contributed by atoms with E-state index in [1.807, 2.05) is 60.7 Å². The van der Waals surface area contributed by atoms with E-state index in [9.17, 15) is 0 Å². The number of rotatable bonds is 7. The van der Waals surface area contributed by atoms with Crippen LogP contribution in [0.25, 0.3) is 106 Å². The summed E-state index contributed by atoms with van der Waals surface area (Å²) in [5.41, 5.74) is 13.4. The molecule has 0 aliphatic carbocycles. The first-order chi connectivity index (χ1) is 29.2. The van der Waals surface area contributed by atoms with Gasteiger partial charge in [-0.25, -0.2) is 15.0 Å². The fourth-order valence-electron chi connectivity index (χ4n) is 8.34. The van der Waals surface area contributed by atoms with Crippen molar-refractivity contribution in [2.45, 2.75) is 0 Å². The summed E-state index contributed by atoms with van der Waals surface area (Å²) in [5.74, 6) is 1.95. The number of aromatic nitrogens is 4. The fourth-order valence-corrected chi connectivity index (χ4v) is 8.34. The van der Waals surface area contributed by atoms with Crippen LogP contribution >= 0.6 is 0 Å². The summed E-state index contributed by atoms with van der Waals surface area (Å²) < 4.78 is 2.43. The molecule has 276 valence electrons. The number of fused-ring (bicyclic) bond motifs is 5. The van der Waals surface area contributed by atoms with Crippen LogP contribution in [0, 0.1) is 0 Å². The van der Waals surface area contributed by atoms with E-state index in [0.717, 1.165) is 33.5 Å². The summed E-state index contributed by atoms with van der Waals surface area (Å²) in [6, 6.07) is 77.2. The summed E-state index contributed by atoms with van der Waals surface area (Å²) >= 11 is 0. The van der Waals surface area contributed by atoms with Gasteiger partial charge >= 0.3 is 0 Å². The zero-order chi connectivity index (χ0) is 39.1. The van der Waals surface area contributed by atoms with Gasteiger partial charge in [0.2, 0.25) is 0 Å². The second kappa shape index (κ2) is 14.5. The van der Waals surface area contributed by atoms with Crippen molar-refractivity contribution in [3.63, 3.8) is 0 Å². The number of benzene rings is 9. The smallest absolute Gasteiger partial charge is 0.164 e. The fraction of sp³-hybridized carbons (Fsp3) is 0. The van der Waals surface area contributed by atoms with Gasteiger partial charge in [0, 0.05) is 33.2 Å². The van der Waals surface area contributed by atoms with Gasteiger partial charge in [-0.15, -0.1) is 0 Å². The molecule has 2 heterocycles. The Labute approximate surface area is 342 Å². The number of para-hydroxylation sites is 1. The predicted octanol–water partition coefficient (Wildman–Crippen LogP) is 14.1. The first-order valence-corrected chi connectivity index (χ1v) is 19.9. The molecule has 0 fully saturated rings. The maximum Gasteiger partial charge on any atom is 0.164 e. The molecule has 0 saturated carbocycles. The molecule has 11 aromatic rings. The average molecular weight is 753 g/mol. The van der Waals surface area contributed by atoms with E-state index < -0.39 is 0 Å². The minimum atomic E-state index is 0.645. The molecule has 0 bridgehead atoms. The third-order valence-electron chi connectivity index (χ3n) is 11.2. The Bertz CT molecular complexity index is 3170. The first-order valence-electron chi connectivity index (χ1n) is 19.9. The van der Waals surface area contributed by atoms with Crippen molar-refractivity contribution in [2.24, 2.45) is 0 Å². The molecule has 2 aromatic heterocycles. The number of nitrogens with zero attached hydrogens (tertiary/aromatic N) is 4. The van der Waals surface area contributed by atoms with Crippen molar-refractivity contribution in [1.29, 1.82) is 0 Å². The standard InChI is InChI=1S/C55H36N4/c1-5-15-37(16-6-1)45-34-46(38-17-7-2-8-18-38)36-47(35-45)59-50-24-14-13-23-49(50)52-48-31-29-43(33-44(48)30-32-51(52)59)39-25-27-42(28-26-39)55-57-53(40-19-9-3-10-20-40)56-54(58-55)41-21-11-4-12-22-41/h1-36H. The van der Waals surface area contributed by atoms with Crippen LogP contribution in [0.3, 0.4) is 0 Å². The molecule has 0 saturated heterocycles. The van der Waals surface area contributed by atoms with Gasteiger partial charge in [-0.3, -0.25) is 0 Å². The van der Waals surface area contributed by atoms with Crippen LogP contribution in [0.15, 0.2) is 218 Å². The molecule has 4 heteroatoms. The van der Waals surface area contributed by atoms with Crippen molar-refractivity contribution < 1.29 is 0 Å². The van der Waals surface area contributed by atoms with Gasteiger partial charge in [-0.05, 0) is 80.6 Å². The van der Waals surface area contributed by atoms with Crippen LogP contribution in [0.4, 0.5) is 0 Å². The molecule has 0 aliphatic rings. The SMILES string of the molecule is c1ccc(-c2cc(-c3ccccc3)cc(-n3c4ccccc4c4c5ccc(-c6ccc(-c7nc(-c8ccccc8)nc(-c8ccccc8)n7)cc6)cc5ccc43)c2)cc1. The summed E-state index contributed by atoms with van der Waals surface area (Å²) in [6.45, 7) is 0. The second-order valence-electron chi connectivity index (χ2n) is 14.9. The van der Waals surface area contributed by atoms with Crippen LogP contribution in [-0.2, 0) is 0 Å². The number of hydrogen-bond donors (Lipinski definition) is 0. The van der Waals surface area contributed by atoms with E-state index in [-0.39, 0.29) is 0 Å². The average Bonchev–Trinajstić information content (AvgIpc) is 3.67. The van der Waals surface area contributed by atoms with Crippen LogP contribution < -0.4 is 0 Å². The summed E-state index contributed by atoms with van der Waals surface area (Å²) in [6.07, 6.45) is 0. The van der Waals surface area contributed by atoms with Crippen LogP contribution in [-0.4, -0.2) is 19.5 Å². The van der Waals surface area contributed by atoms with Crippen molar-refractivity contribution in [3.8, 4) is 73.2 Å². The Morgan fingerprint density at radius 3 is 1.27 bits per heavy atom. The molecule has 0 amide bonds. The van der Waals surface area contributed by atoms with Gasteiger partial charge in [0.15, 0.2) is 17.5 Å². The molecule has 0 N–H and O–H groups in total. The Morgan fingerprint density at radius 2 is 0.712 bits per heavy atom. The van der Waals surface area contributed by atoms with Crippen molar-refractivity contribution >= 4 is 32.6 Å². The molecule has 59 heavy (non-hydrogen) atoms.